The Morgan fingerprint density at radius 1 is 1.00 bits per heavy atom. The number of alkyl halides is 3. The van der Waals surface area contributed by atoms with Gasteiger partial charge in [0.1, 0.15) is 6.33 Å². The molecule has 7 nitrogen and oxygen atoms in total. The summed E-state index contributed by atoms with van der Waals surface area (Å²) in [5.74, 6) is -0.294. The summed E-state index contributed by atoms with van der Waals surface area (Å²) in [6.07, 6.45) is -0.356. The number of hydrogen-bond donors (Lipinski definition) is 2. The van der Waals surface area contributed by atoms with E-state index in [1.165, 1.54) is 12.1 Å². The maximum atomic E-state index is 12.9. The smallest absolute Gasteiger partial charge is 0.334 e. The number of hydrogen-bond acceptors (Lipinski definition) is 6. The fourth-order valence-electron chi connectivity index (χ4n) is 2.92. The van der Waals surface area contributed by atoms with Crippen molar-refractivity contribution in [3.8, 4) is 0 Å². The zero-order valence-electron chi connectivity index (χ0n) is 16.6. The minimum atomic E-state index is -4.54. The summed E-state index contributed by atoms with van der Waals surface area (Å²) in [5.41, 5.74) is 0.400. The van der Waals surface area contributed by atoms with Crippen LogP contribution in [-0.2, 0) is 12.6 Å². The first kappa shape index (κ1) is 22.0. The number of rotatable bonds is 8. The van der Waals surface area contributed by atoms with Crippen molar-refractivity contribution in [2.75, 3.05) is 10.6 Å². The van der Waals surface area contributed by atoms with Crippen LogP contribution >= 0.6 is 0 Å². The Morgan fingerprint density at radius 2 is 1.65 bits per heavy atom. The van der Waals surface area contributed by atoms with Crippen molar-refractivity contribution in [1.29, 1.82) is 0 Å². The van der Waals surface area contributed by atoms with Gasteiger partial charge in [-0.15, -0.1) is 0 Å². The van der Waals surface area contributed by atoms with E-state index in [2.05, 4.69) is 27.5 Å². The van der Waals surface area contributed by atoms with Gasteiger partial charge in [-0.05, 0) is 48.7 Å². The SMILES string of the molecule is CCCCc1ccc(Nc2ncnc(Nc3cccc(C(F)(F)F)c3)c2[N+](=O)[O-])cc1. The van der Waals surface area contributed by atoms with E-state index in [0.29, 0.717) is 5.69 Å². The van der Waals surface area contributed by atoms with Gasteiger partial charge in [-0.1, -0.05) is 31.5 Å². The molecule has 0 saturated heterocycles. The number of aryl methyl sites for hydroxylation is 1. The van der Waals surface area contributed by atoms with Crippen LogP contribution in [-0.4, -0.2) is 14.9 Å². The fourth-order valence-corrected chi connectivity index (χ4v) is 2.92. The summed E-state index contributed by atoms with van der Waals surface area (Å²) in [6.45, 7) is 2.11. The Morgan fingerprint density at radius 3 is 2.23 bits per heavy atom. The van der Waals surface area contributed by atoms with E-state index in [4.69, 9.17) is 0 Å². The lowest BCUT2D eigenvalue weighted by Crippen LogP contribution is -2.07. The monoisotopic (exact) mass is 431 g/mol. The Balaban J connectivity index is 1.87. The normalized spacial score (nSPS) is 11.2. The van der Waals surface area contributed by atoms with Crippen LogP contribution in [0.5, 0.6) is 0 Å². The predicted molar refractivity (Wildman–Crippen MR) is 112 cm³/mol. The van der Waals surface area contributed by atoms with Crippen LogP contribution < -0.4 is 10.6 Å². The second-order valence-corrected chi connectivity index (χ2v) is 6.81. The molecule has 3 aromatic rings. The molecule has 0 radical (unpaired) electrons. The van der Waals surface area contributed by atoms with E-state index in [9.17, 15) is 23.3 Å². The van der Waals surface area contributed by atoms with Gasteiger partial charge in [0.15, 0.2) is 0 Å². The number of benzene rings is 2. The number of nitro groups is 1. The molecular formula is C21H20F3N5O2. The van der Waals surface area contributed by atoms with Gasteiger partial charge < -0.3 is 10.6 Å². The van der Waals surface area contributed by atoms with Crippen LogP contribution in [0.4, 0.5) is 41.9 Å². The maximum absolute atomic E-state index is 12.9. The molecule has 2 aromatic carbocycles. The molecule has 31 heavy (non-hydrogen) atoms. The van der Waals surface area contributed by atoms with Crippen LogP contribution in [0.2, 0.25) is 0 Å². The first-order valence-corrected chi connectivity index (χ1v) is 9.57. The minimum absolute atomic E-state index is 0.0165. The number of nitrogens with one attached hydrogen (secondary N) is 2. The van der Waals surface area contributed by atoms with E-state index in [0.717, 1.165) is 43.3 Å². The molecule has 10 heteroatoms. The first-order chi connectivity index (χ1) is 14.8. The highest BCUT2D eigenvalue weighted by molar-refractivity contribution is 5.76. The van der Waals surface area contributed by atoms with E-state index >= 15 is 0 Å². The summed E-state index contributed by atoms with van der Waals surface area (Å²) in [7, 11) is 0. The molecule has 0 aliphatic carbocycles. The van der Waals surface area contributed by atoms with Crippen molar-refractivity contribution in [2.45, 2.75) is 32.4 Å². The van der Waals surface area contributed by atoms with Gasteiger partial charge in [-0.3, -0.25) is 10.1 Å². The molecule has 0 fully saturated rings. The number of nitrogens with zero attached hydrogens (tertiary/aromatic N) is 3. The molecule has 0 bridgehead atoms. The Bertz CT molecular complexity index is 1060. The molecule has 3 rings (SSSR count). The third kappa shape index (κ3) is 5.68. The Labute approximate surface area is 176 Å². The van der Waals surface area contributed by atoms with Crippen molar-refractivity contribution in [3.63, 3.8) is 0 Å². The zero-order valence-corrected chi connectivity index (χ0v) is 16.6. The molecule has 1 heterocycles. The summed E-state index contributed by atoms with van der Waals surface area (Å²) < 4.78 is 38.8. The lowest BCUT2D eigenvalue weighted by molar-refractivity contribution is -0.383. The molecule has 0 amide bonds. The quantitative estimate of drug-likeness (QED) is 0.324. The molecule has 1 aromatic heterocycles. The third-order valence-electron chi connectivity index (χ3n) is 4.49. The van der Waals surface area contributed by atoms with E-state index < -0.39 is 22.4 Å². The Hall–Kier alpha value is -3.69. The molecular weight excluding hydrogens is 411 g/mol. The van der Waals surface area contributed by atoms with E-state index in [1.54, 1.807) is 12.1 Å². The van der Waals surface area contributed by atoms with Crippen molar-refractivity contribution < 1.29 is 18.1 Å². The zero-order chi connectivity index (χ0) is 22.4. The van der Waals surface area contributed by atoms with Crippen molar-refractivity contribution in [3.05, 3.63) is 76.1 Å². The topological polar surface area (TPSA) is 93.0 Å². The molecule has 0 atom stereocenters. The van der Waals surface area contributed by atoms with E-state index in [1.807, 2.05) is 12.1 Å². The van der Waals surface area contributed by atoms with Gasteiger partial charge in [0.25, 0.3) is 0 Å². The van der Waals surface area contributed by atoms with E-state index in [-0.39, 0.29) is 17.3 Å². The average Bonchev–Trinajstić information content (AvgIpc) is 2.73. The molecule has 2 N–H and O–H groups in total. The van der Waals surface area contributed by atoms with Crippen LogP contribution in [0, 0.1) is 10.1 Å². The molecule has 0 saturated carbocycles. The number of aromatic nitrogens is 2. The second kappa shape index (κ2) is 9.41. The highest BCUT2D eigenvalue weighted by Gasteiger charge is 2.31. The van der Waals surface area contributed by atoms with Crippen LogP contribution in [0.25, 0.3) is 0 Å². The number of unbranched alkanes of at least 4 members (excludes halogenated alkanes) is 1. The summed E-state index contributed by atoms with van der Waals surface area (Å²) >= 11 is 0. The second-order valence-electron chi connectivity index (χ2n) is 6.81. The molecule has 0 aliphatic rings. The standard InChI is InChI=1S/C21H20F3N5O2/c1-2-3-5-14-8-10-16(11-9-14)27-19-18(29(30)31)20(26-13-25-19)28-17-7-4-6-15(12-17)21(22,23)24/h4,6-13H,2-3,5H2,1H3,(H2,25,26,27,28). The largest absolute Gasteiger partial charge is 0.416 e. The van der Waals surface area contributed by atoms with Crippen molar-refractivity contribution in [2.24, 2.45) is 0 Å². The predicted octanol–water partition coefficient (Wildman–Crippen LogP) is 6.23. The van der Waals surface area contributed by atoms with Gasteiger partial charge >= 0.3 is 11.9 Å². The van der Waals surface area contributed by atoms with Gasteiger partial charge in [-0.25, -0.2) is 9.97 Å². The average molecular weight is 431 g/mol. The van der Waals surface area contributed by atoms with Gasteiger partial charge in [-0.2, -0.15) is 13.2 Å². The maximum Gasteiger partial charge on any atom is 0.416 e. The number of halogens is 3. The third-order valence-corrected chi connectivity index (χ3v) is 4.49. The summed E-state index contributed by atoms with van der Waals surface area (Å²) in [4.78, 5) is 18.8. The van der Waals surface area contributed by atoms with Gasteiger partial charge in [0, 0.05) is 11.4 Å². The highest BCUT2D eigenvalue weighted by Crippen LogP contribution is 2.35. The van der Waals surface area contributed by atoms with Crippen LogP contribution in [0.1, 0.15) is 30.9 Å². The Kier molecular flexibility index (Phi) is 6.68. The molecule has 0 spiro atoms. The van der Waals surface area contributed by atoms with Crippen molar-refractivity contribution >= 4 is 28.7 Å². The van der Waals surface area contributed by atoms with Gasteiger partial charge in [0.2, 0.25) is 11.6 Å². The lowest BCUT2D eigenvalue weighted by Gasteiger charge is -2.12. The number of anilines is 4. The highest BCUT2D eigenvalue weighted by atomic mass is 19.4. The lowest BCUT2D eigenvalue weighted by atomic mass is 10.1. The molecule has 0 aliphatic heterocycles. The summed E-state index contributed by atoms with van der Waals surface area (Å²) in [5, 5.41) is 17.2. The molecule has 0 unspecified atom stereocenters. The van der Waals surface area contributed by atoms with Crippen molar-refractivity contribution in [1.82, 2.24) is 9.97 Å². The minimum Gasteiger partial charge on any atom is -0.334 e. The van der Waals surface area contributed by atoms with Crippen LogP contribution in [0.15, 0.2) is 54.9 Å². The fraction of sp³-hybridized carbons (Fsp3) is 0.238. The first-order valence-electron chi connectivity index (χ1n) is 9.57. The van der Waals surface area contributed by atoms with Gasteiger partial charge in [0.05, 0.1) is 10.5 Å². The molecule has 162 valence electrons. The van der Waals surface area contributed by atoms with Crippen LogP contribution in [0.3, 0.4) is 0 Å². The summed E-state index contributed by atoms with van der Waals surface area (Å²) in [6, 6.07) is 11.8.